The Morgan fingerprint density at radius 2 is 1.69 bits per heavy atom. The molecule has 0 aromatic heterocycles. The van der Waals surface area contributed by atoms with Crippen molar-refractivity contribution >= 4 is 15.9 Å². The van der Waals surface area contributed by atoms with Gasteiger partial charge < -0.3 is 9.84 Å². The fourth-order valence-corrected chi connectivity index (χ4v) is 3.36. The largest absolute Gasteiger partial charge is 0.872 e. The van der Waals surface area contributed by atoms with Gasteiger partial charge in [-0.1, -0.05) is 38.7 Å². The molecule has 2 rings (SSSR count). The maximum atomic E-state index is 12.4. The third-order valence-corrected chi connectivity index (χ3v) is 5.83. The highest BCUT2D eigenvalue weighted by Crippen LogP contribution is 2.30. The first-order valence-corrected chi connectivity index (χ1v) is 9.98. The summed E-state index contributed by atoms with van der Waals surface area (Å²) in [5.41, 5.74) is 0.0102. The average Bonchev–Trinajstić information content (AvgIpc) is 2.60. The van der Waals surface area contributed by atoms with Gasteiger partial charge in [-0.15, -0.1) is 13.2 Å². The summed E-state index contributed by atoms with van der Waals surface area (Å²) in [5, 5.41) is 12.0. The summed E-state index contributed by atoms with van der Waals surface area (Å²) >= 11 is 0. The molecule has 29 heavy (non-hydrogen) atoms. The third kappa shape index (κ3) is 5.63. The fourth-order valence-electron chi connectivity index (χ4n) is 2.39. The lowest BCUT2D eigenvalue weighted by Gasteiger charge is -2.25. The molecule has 0 unspecified atom stereocenters. The Hall–Kier alpha value is -2.75. The topological polar surface area (TPSA) is 95.5 Å². The first-order valence-electron chi connectivity index (χ1n) is 8.50. The molecule has 0 saturated carbocycles. The number of nitrogens with one attached hydrogen (secondary N) is 1. The van der Waals surface area contributed by atoms with Crippen LogP contribution >= 0.6 is 0 Å². The van der Waals surface area contributed by atoms with Crippen LogP contribution in [-0.4, -0.2) is 20.7 Å². The SMILES string of the molecule is CCC(C)(C)c1ccc([O-])c(C(=O)NS(=O)(=O)c2ccc(OC(F)(F)F)cc2)c1. The second-order valence-electron chi connectivity index (χ2n) is 6.90. The lowest BCUT2D eigenvalue weighted by atomic mass is 9.81. The van der Waals surface area contributed by atoms with Gasteiger partial charge in [-0.25, -0.2) is 13.1 Å². The predicted octanol–water partition coefficient (Wildman–Crippen LogP) is 3.47. The number of amides is 1. The van der Waals surface area contributed by atoms with Crippen molar-refractivity contribution in [3.05, 3.63) is 53.6 Å². The number of rotatable bonds is 6. The van der Waals surface area contributed by atoms with Gasteiger partial charge in [0, 0.05) is 5.56 Å². The molecule has 0 aliphatic rings. The van der Waals surface area contributed by atoms with Crippen LogP contribution in [0.3, 0.4) is 0 Å². The van der Waals surface area contributed by atoms with E-state index in [1.54, 1.807) is 10.8 Å². The van der Waals surface area contributed by atoms with Crippen molar-refractivity contribution in [3.63, 3.8) is 0 Å². The molecule has 6 nitrogen and oxygen atoms in total. The van der Waals surface area contributed by atoms with Gasteiger partial charge in [0.05, 0.1) is 4.90 Å². The number of benzene rings is 2. The van der Waals surface area contributed by atoms with Gasteiger partial charge in [0.25, 0.3) is 15.9 Å². The van der Waals surface area contributed by atoms with Gasteiger partial charge in [-0.05, 0) is 47.7 Å². The van der Waals surface area contributed by atoms with E-state index in [2.05, 4.69) is 4.74 Å². The highest BCUT2D eigenvalue weighted by Gasteiger charge is 2.31. The van der Waals surface area contributed by atoms with Crippen LogP contribution in [0.2, 0.25) is 0 Å². The van der Waals surface area contributed by atoms with E-state index in [-0.39, 0.29) is 11.0 Å². The molecule has 0 spiro atoms. The number of hydrogen-bond acceptors (Lipinski definition) is 5. The van der Waals surface area contributed by atoms with E-state index in [1.165, 1.54) is 12.1 Å². The molecule has 1 amide bonds. The maximum Gasteiger partial charge on any atom is 0.573 e. The summed E-state index contributed by atoms with van der Waals surface area (Å²) in [6.45, 7) is 5.76. The Bertz CT molecular complexity index is 999. The number of sulfonamides is 1. The zero-order valence-electron chi connectivity index (χ0n) is 15.8. The van der Waals surface area contributed by atoms with Crippen LogP contribution in [0.25, 0.3) is 0 Å². The van der Waals surface area contributed by atoms with Gasteiger partial charge in [-0.3, -0.25) is 4.79 Å². The van der Waals surface area contributed by atoms with Crippen LogP contribution in [0.5, 0.6) is 11.5 Å². The molecule has 1 N–H and O–H groups in total. The average molecular weight is 430 g/mol. The summed E-state index contributed by atoms with van der Waals surface area (Å²) in [4.78, 5) is 12.0. The Morgan fingerprint density at radius 1 is 1.10 bits per heavy atom. The van der Waals surface area contributed by atoms with Crippen LogP contribution in [0.15, 0.2) is 47.4 Å². The van der Waals surface area contributed by atoms with Crippen LogP contribution in [0, 0.1) is 0 Å². The predicted molar refractivity (Wildman–Crippen MR) is 97.0 cm³/mol. The molecule has 0 atom stereocenters. The number of ether oxygens (including phenoxy) is 1. The van der Waals surface area contributed by atoms with Gasteiger partial charge >= 0.3 is 6.36 Å². The van der Waals surface area contributed by atoms with E-state index in [0.717, 1.165) is 30.7 Å². The lowest BCUT2D eigenvalue weighted by molar-refractivity contribution is -0.274. The van der Waals surface area contributed by atoms with E-state index < -0.39 is 38.7 Å². The summed E-state index contributed by atoms with van der Waals surface area (Å²) in [6, 6.07) is 7.42. The van der Waals surface area contributed by atoms with E-state index in [0.29, 0.717) is 5.56 Å². The van der Waals surface area contributed by atoms with E-state index in [9.17, 15) is 31.5 Å². The van der Waals surface area contributed by atoms with Crippen molar-refractivity contribution in [2.45, 2.75) is 43.9 Å². The van der Waals surface area contributed by atoms with Gasteiger partial charge in [0.2, 0.25) is 0 Å². The van der Waals surface area contributed by atoms with E-state index >= 15 is 0 Å². The number of hydrogen-bond donors (Lipinski definition) is 1. The molecule has 0 aliphatic carbocycles. The first kappa shape index (κ1) is 22.5. The normalized spacial score (nSPS) is 12.5. The second-order valence-corrected chi connectivity index (χ2v) is 8.58. The smallest absolute Gasteiger partial charge is 0.573 e. The first-order chi connectivity index (χ1) is 13.2. The number of alkyl halides is 3. The Morgan fingerprint density at radius 3 is 2.21 bits per heavy atom. The molecule has 158 valence electrons. The number of carbonyl (C=O) groups is 1. The zero-order valence-corrected chi connectivity index (χ0v) is 16.6. The molecule has 2 aromatic carbocycles. The van der Waals surface area contributed by atoms with E-state index in [4.69, 9.17) is 0 Å². The monoisotopic (exact) mass is 430 g/mol. The fraction of sp³-hybridized carbons (Fsp3) is 0.316. The molecule has 0 saturated heterocycles. The van der Waals surface area contributed by atoms with Crippen molar-refractivity contribution in [2.24, 2.45) is 0 Å². The molecule has 2 aromatic rings. The summed E-state index contributed by atoms with van der Waals surface area (Å²) in [5.74, 6) is -2.39. The molecule has 0 aliphatic heterocycles. The highest BCUT2D eigenvalue weighted by atomic mass is 32.2. The van der Waals surface area contributed by atoms with Gasteiger partial charge in [0.1, 0.15) is 5.75 Å². The molecule has 0 radical (unpaired) electrons. The number of carbonyl (C=O) groups excluding carboxylic acids is 1. The Labute approximate surface area is 166 Å². The minimum Gasteiger partial charge on any atom is -0.872 e. The van der Waals surface area contributed by atoms with Crippen LogP contribution < -0.4 is 14.6 Å². The standard InChI is InChI=1S/C19H20F3NO5S/c1-4-18(2,3)12-5-10-16(24)15(11-12)17(25)23-29(26,27)14-8-6-13(7-9-14)28-19(20,21)22/h5-11,24H,4H2,1-3H3,(H,23,25)/p-1. The molecule has 10 heteroatoms. The van der Waals surface area contributed by atoms with Crippen LogP contribution in [0.4, 0.5) is 13.2 Å². The minimum atomic E-state index is -4.92. The van der Waals surface area contributed by atoms with Gasteiger partial charge in [0.15, 0.2) is 0 Å². The van der Waals surface area contributed by atoms with Crippen molar-refractivity contribution in [2.75, 3.05) is 0 Å². The quantitative estimate of drug-likeness (QED) is 0.757. The third-order valence-electron chi connectivity index (χ3n) is 4.48. The van der Waals surface area contributed by atoms with Crippen LogP contribution in [-0.2, 0) is 15.4 Å². The minimum absolute atomic E-state index is 0.337. The molecule has 0 bridgehead atoms. The van der Waals surface area contributed by atoms with Crippen molar-refractivity contribution in [3.8, 4) is 11.5 Å². The van der Waals surface area contributed by atoms with Crippen molar-refractivity contribution in [1.29, 1.82) is 0 Å². The zero-order chi connectivity index (χ0) is 22.0. The van der Waals surface area contributed by atoms with Gasteiger partial charge in [-0.2, -0.15) is 0 Å². The summed E-state index contributed by atoms with van der Waals surface area (Å²) in [6.07, 6.45) is -4.20. The van der Waals surface area contributed by atoms with Crippen molar-refractivity contribution in [1.82, 2.24) is 4.72 Å². The van der Waals surface area contributed by atoms with E-state index in [1.807, 2.05) is 20.8 Å². The molecule has 0 fully saturated rings. The van der Waals surface area contributed by atoms with Crippen molar-refractivity contribution < 1.29 is 36.2 Å². The lowest BCUT2D eigenvalue weighted by Crippen LogP contribution is -2.31. The summed E-state index contributed by atoms with van der Waals surface area (Å²) in [7, 11) is -4.41. The molecular formula is C19H19F3NO5S-. The molecular weight excluding hydrogens is 411 g/mol. The Kier molecular flexibility index (Phi) is 6.17. The maximum absolute atomic E-state index is 12.4. The number of halogens is 3. The highest BCUT2D eigenvalue weighted by molar-refractivity contribution is 7.90. The summed E-state index contributed by atoms with van der Waals surface area (Å²) < 4.78 is 66.7. The second kappa shape index (κ2) is 7.94. The Balaban J connectivity index is 2.27. The van der Waals surface area contributed by atoms with Crippen LogP contribution in [0.1, 0.15) is 43.1 Å². The molecule has 0 heterocycles.